The normalized spacial score (nSPS) is 14.9. The van der Waals surface area contributed by atoms with Crippen LogP contribution in [0.1, 0.15) is 10.4 Å². The Morgan fingerprint density at radius 2 is 1.92 bits per heavy atom. The van der Waals surface area contributed by atoms with Crippen molar-refractivity contribution < 1.29 is 18.0 Å². The first-order chi connectivity index (χ1) is 12.5. The molecule has 1 fully saturated rings. The van der Waals surface area contributed by atoms with Gasteiger partial charge in [0.25, 0.3) is 11.9 Å². The van der Waals surface area contributed by atoms with E-state index in [1.165, 1.54) is 0 Å². The summed E-state index contributed by atoms with van der Waals surface area (Å²) >= 11 is 5.84. The van der Waals surface area contributed by atoms with E-state index in [0.717, 1.165) is 12.3 Å². The van der Waals surface area contributed by atoms with Gasteiger partial charge in [0.05, 0.1) is 5.56 Å². The first-order valence-corrected chi connectivity index (χ1v) is 8.17. The molecule has 0 aliphatic carbocycles. The van der Waals surface area contributed by atoms with Crippen molar-refractivity contribution in [1.29, 1.82) is 0 Å². The molecule has 0 aromatic carbocycles. The van der Waals surface area contributed by atoms with Gasteiger partial charge in [0, 0.05) is 32.4 Å². The van der Waals surface area contributed by atoms with Crippen LogP contribution in [0.5, 0.6) is 0 Å². The Hall–Kier alpha value is -2.81. The Balaban J connectivity index is 1.46. The van der Waals surface area contributed by atoms with Gasteiger partial charge in [-0.1, -0.05) is 11.6 Å². The molecule has 3 aromatic heterocycles. The molecule has 0 atom stereocenters. The molecular formula is C16H12ClF2N5O2. The zero-order valence-electron chi connectivity index (χ0n) is 13.3. The average molecular weight is 380 g/mol. The molecule has 1 saturated heterocycles. The van der Waals surface area contributed by atoms with E-state index in [1.807, 2.05) is 4.90 Å². The van der Waals surface area contributed by atoms with Crippen molar-refractivity contribution in [2.45, 2.75) is 0 Å². The lowest BCUT2D eigenvalue weighted by atomic mass is 10.2. The lowest BCUT2D eigenvalue weighted by molar-refractivity contribution is 0.0744. The molecule has 10 heteroatoms. The Morgan fingerprint density at radius 3 is 2.65 bits per heavy atom. The minimum atomic E-state index is -1.23. The number of hydrogen-bond acceptors (Lipinski definition) is 6. The van der Waals surface area contributed by atoms with Gasteiger partial charge in [-0.25, -0.2) is 14.4 Å². The van der Waals surface area contributed by atoms with E-state index in [0.29, 0.717) is 48.6 Å². The molecule has 0 saturated carbocycles. The molecule has 0 spiro atoms. The maximum atomic E-state index is 13.3. The maximum absolute atomic E-state index is 13.3. The van der Waals surface area contributed by atoms with E-state index in [9.17, 15) is 13.6 Å². The quantitative estimate of drug-likeness (QED) is 0.637. The molecular weight excluding hydrogens is 368 g/mol. The van der Waals surface area contributed by atoms with E-state index in [-0.39, 0.29) is 5.56 Å². The number of carbonyl (C=O) groups excluding carboxylic acids is 1. The van der Waals surface area contributed by atoms with Crippen LogP contribution in [-0.4, -0.2) is 51.9 Å². The summed E-state index contributed by atoms with van der Waals surface area (Å²) in [6, 6.07) is 4.56. The number of amides is 1. The lowest BCUT2D eigenvalue weighted by Crippen LogP contribution is -2.49. The first-order valence-electron chi connectivity index (χ1n) is 7.79. The number of nitrogens with zero attached hydrogens (tertiary/aromatic N) is 5. The summed E-state index contributed by atoms with van der Waals surface area (Å²) in [4.78, 5) is 27.5. The fourth-order valence-corrected chi connectivity index (χ4v) is 2.88. The predicted molar refractivity (Wildman–Crippen MR) is 89.1 cm³/mol. The molecule has 0 radical (unpaired) electrons. The van der Waals surface area contributed by atoms with E-state index < -0.39 is 17.7 Å². The van der Waals surface area contributed by atoms with Gasteiger partial charge in [-0.15, -0.1) is 0 Å². The van der Waals surface area contributed by atoms with E-state index in [4.69, 9.17) is 16.0 Å². The van der Waals surface area contributed by atoms with Crippen LogP contribution in [0.3, 0.4) is 0 Å². The molecule has 1 aliphatic heterocycles. The monoisotopic (exact) mass is 379 g/mol. The maximum Gasteiger partial charge on any atom is 0.300 e. The average Bonchev–Trinajstić information content (AvgIpc) is 3.06. The van der Waals surface area contributed by atoms with E-state index in [2.05, 4.69) is 15.0 Å². The highest BCUT2D eigenvalue weighted by Crippen LogP contribution is 2.23. The number of piperazine rings is 1. The van der Waals surface area contributed by atoms with Crippen LogP contribution >= 0.6 is 11.6 Å². The summed E-state index contributed by atoms with van der Waals surface area (Å²) < 4.78 is 31.8. The number of pyridine rings is 2. The summed E-state index contributed by atoms with van der Waals surface area (Å²) in [5.41, 5.74) is 0.952. The molecule has 7 nitrogen and oxygen atoms in total. The number of oxazole rings is 1. The Kier molecular flexibility index (Phi) is 4.15. The number of halogens is 3. The van der Waals surface area contributed by atoms with Gasteiger partial charge < -0.3 is 14.2 Å². The van der Waals surface area contributed by atoms with Gasteiger partial charge in [0.15, 0.2) is 11.4 Å². The number of fused-ring (bicyclic) bond motifs is 1. The van der Waals surface area contributed by atoms with Gasteiger partial charge >= 0.3 is 0 Å². The van der Waals surface area contributed by atoms with Gasteiger partial charge in [-0.2, -0.15) is 9.37 Å². The van der Waals surface area contributed by atoms with Crippen molar-refractivity contribution in [3.8, 4) is 0 Å². The molecule has 26 heavy (non-hydrogen) atoms. The minimum absolute atomic E-state index is 0.0121. The zero-order valence-corrected chi connectivity index (χ0v) is 14.1. The molecule has 1 amide bonds. The van der Waals surface area contributed by atoms with Crippen molar-refractivity contribution in [3.05, 3.63) is 46.9 Å². The van der Waals surface area contributed by atoms with E-state index in [1.54, 1.807) is 17.0 Å². The topological polar surface area (TPSA) is 75.4 Å². The number of aromatic nitrogens is 3. The van der Waals surface area contributed by atoms with Gasteiger partial charge in [0.2, 0.25) is 11.6 Å². The van der Waals surface area contributed by atoms with Crippen molar-refractivity contribution in [1.82, 2.24) is 19.9 Å². The van der Waals surface area contributed by atoms with Crippen LogP contribution in [0.25, 0.3) is 11.2 Å². The third kappa shape index (κ3) is 3.05. The minimum Gasteiger partial charge on any atom is -0.422 e. The Labute approximate surface area is 151 Å². The fourth-order valence-electron chi connectivity index (χ4n) is 2.74. The smallest absolute Gasteiger partial charge is 0.300 e. The van der Waals surface area contributed by atoms with Crippen LogP contribution in [0.2, 0.25) is 5.15 Å². The predicted octanol–water partition coefficient (Wildman–Crippen LogP) is 2.51. The first kappa shape index (κ1) is 16.6. The third-order valence-corrected chi connectivity index (χ3v) is 4.30. The molecule has 0 unspecified atom stereocenters. The summed E-state index contributed by atoms with van der Waals surface area (Å²) in [6.07, 6.45) is 1.03. The number of hydrogen-bond donors (Lipinski definition) is 0. The van der Waals surface area contributed by atoms with Crippen molar-refractivity contribution in [2.24, 2.45) is 0 Å². The summed E-state index contributed by atoms with van der Waals surface area (Å²) in [5, 5.41) is 0.327. The molecule has 0 N–H and O–H groups in total. The van der Waals surface area contributed by atoms with Crippen LogP contribution in [-0.2, 0) is 0 Å². The van der Waals surface area contributed by atoms with Crippen LogP contribution in [0.4, 0.5) is 14.8 Å². The Bertz CT molecular complexity index is 988. The van der Waals surface area contributed by atoms with Gasteiger partial charge in [-0.05, 0) is 18.2 Å². The molecule has 3 aromatic rings. The molecule has 4 rings (SSSR count). The zero-order chi connectivity index (χ0) is 18.3. The largest absolute Gasteiger partial charge is 0.422 e. The van der Waals surface area contributed by atoms with Crippen molar-refractivity contribution in [3.63, 3.8) is 0 Å². The second-order valence-electron chi connectivity index (χ2n) is 5.73. The Morgan fingerprint density at radius 1 is 1.15 bits per heavy atom. The van der Waals surface area contributed by atoms with Gasteiger partial charge in [0.1, 0.15) is 5.15 Å². The lowest BCUT2D eigenvalue weighted by Gasteiger charge is -2.33. The molecule has 0 bridgehead atoms. The second-order valence-corrected chi connectivity index (χ2v) is 6.12. The number of anilines is 1. The van der Waals surface area contributed by atoms with Crippen molar-refractivity contribution >= 4 is 34.8 Å². The summed E-state index contributed by atoms with van der Waals surface area (Å²) in [6.45, 7) is 1.71. The van der Waals surface area contributed by atoms with Crippen molar-refractivity contribution in [2.75, 3.05) is 31.1 Å². The second kappa shape index (κ2) is 6.49. The standard InChI is InChI=1S/C16H12ClF2N5O2/c17-12-2-1-11-14(21-12)22-16(26-11)24-5-3-23(4-6-24)15(25)9-7-10(18)13(19)20-8-9/h1-2,7-8H,3-6H2. The molecule has 134 valence electrons. The number of carbonyl (C=O) groups is 1. The summed E-state index contributed by atoms with van der Waals surface area (Å²) in [5.74, 6) is -2.77. The number of rotatable bonds is 2. The highest BCUT2D eigenvalue weighted by molar-refractivity contribution is 6.29. The SMILES string of the molecule is O=C(c1cnc(F)c(F)c1)N1CCN(c2nc3nc(Cl)ccc3o2)CC1. The third-order valence-electron chi connectivity index (χ3n) is 4.09. The molecule has 1 aliphatic rings. The fraction of sp³-hybridized carbons (Fsp3) is 0.250. The van der Waals surface area contributed by atoms with E-state index >= 15 is 0 Å². The van der Waals surface area contributed by atoms with Gasteiger partial charge in [-0.3, -0.25) is 4.79 Å². The van der Waals surface area contributed by atoms with Crippen LogP contribution < -0.4 is 4.90 Å². The van der Waals surface area contributed by atoms with Crippen LogP contribution in [0, 0.1) is 11.8 Å². The molecule has 4 heterocycles. The highest BCUT2D eigenvalue weighted by Gasteiger charge is 2.25. The summed E-state index contributed by atoms with van der Waals surface area (Å²) in [7, 11) is 0. The highest BCUT2D eigenvalue weighted by atomic mass is 35.5. The van der Waals surface area contributed by atoms with Crippen LogP contribution in [0.15, 0.2) is 28.8 Å².